The first-order valence-corrected chi connectivity index (χ1v) is 8.95. The average molecular weight is 354 g/mol. The van der Waals surface area contributed by atoms with Crippen molar-refractivity contribution in [3.8, 4) is 11.5 Å². The number of anilines is 1. The van der Waals surface area contributed by atoms with E-state index in [9.17, 15) is 4.79 Å². The molecule has 1 saturated carbocycles. The number of para-hydroxylation sites is 2. The van der Waals surface area contributed by atoms with Gasteiger partial charge in [-0.2, -0.15) is 0 Å². The van der Waals surface area contributed by atoms with Gasteiger partial charge < -0.3 is 14.8 Å². The molecule has 5 heteroatoms. The minimum atomic E-state index is -0.227. The minimum Gasteiger partial charge on any atom is -0.497 e. The largest absolute Gasteiger partial charge is 0.497 e. The lowest BCUT2D eigenvalue weighted by Crippen LogP contribution is -2.43. The maximum Gasteiger partial charge on any atom is 0.241 e. The molecule has 1 amide bonds. The van der Waals surface area contributed by atoms with E-state index in [2.05, 4.69) is 22.3 Å². The SMILES string of the molecule is COc1ccc(CN(C2CC2)[C@@H](C)C(=O)Nc2ccccc2OC)cc1. The first kappa shape index (κ1) is 18.3. The Labute approximate surface area is 154 Å². The predicted molar refractivity (Wildman–Crippen MR) is 103 cm³/mol. The molecular weight excluding hydrogens is 328 g/mol. The van der Waals surface area contributed by atoms with Gasteiger partial charge >= 0.3 is 0 Å². The Bertz CT molecular complexity index is 741. The molecule has 0 spiro atoms. The molecule has 0 heterocycles. The summed E-state index contributed by atoms with van der Waals surface area (Å²) in [4.78, 5) is 15.1. The average Bonchev–Trinajstić information content (AvgIpc) is 3.51. The molecule has 1 aliphatic carbocycles. The van der Waals surface area contributed by atoms with Crippen LogP contribution in [-0.4, -0.2) is 37.1 Å². The summed E-state index contributed by atoms with van der Waals surface area (Å²) in [6, 6.07) is 15.7. The molecule has 1 atom stereocenters. The number of carbonyl (C=O) groups is 1. The smallest absolute Gasteiger partial charge is 0.241 e. The number of amides is 1. The lowest BCUT2D eigenvalue weighted by Gasteiger charge is -2.28. The van der Waals surface area contributed by atoms with Crippen LogP contribution in [0.3, 0.4) is 0 Å². The van der Waals surface area contributed by atoms with Crippen molar-refractivity contribution in [2.24, 2.45) is 0 Å². The third-order valence-corrected chi connectivity index (χ3v) is 4.78. The van der Waals surface area contributed by atoms with Gasteiger partial charge in [-0.15, -0.1) is 0 Å². The summed E-state index contributed by atoms with van der Waals surface area (Å²) in [5.74, 6) is 1.49. The van der Waals surface area contributed by atoms with Crippen molar-refractivity contribution in [1.82, 2.24) is 4.90 Å². The van der Waals surface area contributed by atoms with E-state index in [1.165, 1.54) is 5.56 Å². The Hall–Kier alpha value is -2.53. The van der Waals surface area contributed by atoms with Crippen molar-refractivity contribution in [3.05, 3.63) is 54.1 Å². The molecule has 0 aromatic heterocycles. The normalized spacial score (nSPS) is 14.8. The predicted octanol–water partition coefficient (Wildman–Crippen LogP) is 3.70. The highest BCUT2D eigenvalue weighted by Gasteiger charge is 2.35. The standard InChI is InChI=1S/C21H26N2O3/c1-15(21(24)22-19-6-4-5-7-20(19)26-3)23(17-10-11-17)14-16-8-12-18(25-2)13-9-16/h4-9,12-13,15,17H,10-11,14H2,1-3H3,(H,22,24)/t15-/m0/s1. The Balaban J connectivity index is 1.69. The van der Waals surface area contributed by atoms with E-state index in [4.69, 9.17) is 9.47 Å². The van der Waals surface area contributed by atoms with Crippen molar-refractivity contribution in [3.63, 3.8) is 0 Å². The van der Waals surface area contributed by atoms with Gasteiger partial charge in [0.05, 0.1) is 25.9 Å². The van der Waals surface area contributed by atoms with Gasteiger partial charge in [0.25, 0.3) is 0 Å². The first-order chi connectivity index (χ1) is 12.6. The van der Waals surface area contributed by atoms with E-state index in [1.54, 1.807) is 14.2 Å². The molecule has 5 nitrogen and oxygen atoms in total. The van der Waals surface area contributed by atoms with Crippen LogP contribution in [0.1, 0.15) is 25.3 Å². The highest BCUT2D eigenvalue weighted by atomic mass is 16.5. The molecule has 0 radical (unpaired) electrons. The molecular formula is C21H26N2O3. The third-order valence-electron chi connectivity index (χ3n) is 4.78. The number of rotatable bonds is 8. The molecule has 26 heavy (non-hydrogen) atoms. The number of carbonyl (C=O) groups excluding carboxylic acids is 1. The second-order valence-corrected chi connectivity index (χ2v) is 6.62. The number of methoxy groups -OCH3 is 2. The first-order valence-electron chi connectivity index (χ1n) is 8.95. The van der Waals surface area contributed by atoms with Gasteiger partial charge in [-0.05, 0) is 49.6 Å². The molecule has 3 rings (SSSR count). The van der Waals surface area contributed by atoms with Crippen LogP contribution in [0, 0.1) is 0 Å². The van der Waals surface area contributed by atoms with Crippen molar-refractivity contribution in [2.45, 2.75) is 38.4 Å². The Morgan fingerprint density at radius 2 is 1.81 bits per heavy atom. The molecule has 0 unspecified atom stereocenters. The summed E-state index contributed by atoms with van der Waals surface area (Å²) in [5, 5.41) is 3.00. The highest BCUT2D eigenvalue weighted by molar-refractivity contribution is 5.95. The summed E-state index contributed by atoms with van der Waals surface area (Å²) in [5.41, 5.74) is 1.88. The lowest BCUT2D eigenvalue weighted by molar-refractivity contribution is -0.121. The fourth-order valence-corrected chi connectivity index (χ4v) is 3.07. The number of hydrogen-bond acceptors (Lipinski definition) is 4. The third kappa shape index (κ3) is 4.35. The van der Waals surface area contributed by atoms with Gasteiger partial charge in [0.2, 0.25) is 5.91 Å². The number of hydrogen-bond donors (Lipinski definition) is 1. The van der Waals surface area contributed by atoms with E-state index < -0.39 is 0 Å². The second-order valence-electron chi connectivity index (χ2n) is 6.62. The fraction of sp³-hybridized carbons (Fsp3) is 0.381. The molecule has 138 valence electrons. The number of ether oxygens (including phenoxy) is 2. The number of nitrogens with zero attached hydrogens (tertiary/aromatic N) is 1. The van der Waals surface area contributed by atoms with Crippen LogP contribution < -0.4 is 14.8 Å². The van der Waals surface area contributed by atoms with Gasteiger partial charge in [-0.3, -0.25) is 9.69 Å². The van der Waals surface area contributed by atoms with Crippen LogP contribution in [0.15, 0.2) is 48.5 Å². The van der Waals surface area contributed by atoms with E-state index >= 15 is 0 Å². The van der Waals surface area contributed by atoms with E-state index in [1.807, 2.05) is 43.3 Å². The van der Waals surface area contributed by atoms with Crippen molar-refractivity contribution >= 4 is 11.6 Å². The van der Waals surface area contributed by atoms with Crippen LogP contribution in [0.4, 0.5) is 5.69 Å². The Morgan fingerprint density at radius 1 is 1.12 bits per heavy atom. The lowest BCUT2D eigenvalue weighted by atomic mass is 10.1. The van der Waals surface area contributed by atoms with E-state index in [0.717, 1.165) is 25.1 Å². The summed E-state index contributed by atoms with van der Waals surface area (Å²) in [6.45, 7) is 2.71. The topological polar surface area (TPSA) is 50.8 Å². The van der Waals surface area contributed by atoms with E-state index in [-0.39, 0.29) is 11.9 Å². The van der Waals surface area contributed by atoms with Gasteiger partial charge in [0.15, 0.2) is 0 Å². The van der Waals surface area contributed by atoms with Crippen molar-refractivity contribution in [1.29, 1.82) is 0 Å². The summed E-state index contributed by atoms with van der Waals surface area (Å²) >= 11 is 0. The van der Waals surface area contributed by atoms with Gasteiger partial charge in [0, 0.05) is 12.6 Å². The van der Waals surface area contributed by atoms with Crippen LogP contribution in [0.2, 0.25) is 0 Å². The van der Waals surface area contributed by atoms with E-state index in [0.29, 0.717) is 17.5 Å². The van der Waals surface area contributed by atoms with Crippen LogP contribution in [0.5, 0.6) is 11.5 Å². The van der Waals surface area contributed by atoms with Crippen LogP contribution in [0.25, 0.3) is 0 Å². The van der Waals surface area contributed by atoms with Gasteiger partial charge in [0.1, 0.15) is 11.5 Å². The molecule has 1 N–H and O–H groups in total. The molecule has 1 fully saturated rings. The van der Waals surface area contributed by atoms with Gasteiger partial charge in [-0.1, -0.05) is 24.3 Å². The molecule has 0 aliphatic heterocycles. The van der Waals surface area contributed by atoms with Crippen LogP contribution >= 0.6 is 0 Å². The summed E-state index contributed by atoms with van der Waals surface area (Å²) < 4.78 is 10.5. The zero-order valence-corrected chi connectivity index (χ0v) is 15.6. The fourth-order valence-electron chi connectivity index (χ4n) is 3.07. The monoisotopic (exact) mass is 354 g/mol. The maximum atomic E-state index is 12.8. The number of benzene rings is 2. The highest BCUT2D eigenvalue weighted by Crippen LogP contribution is 2.31. The molecule has 1 aliphatic rings. The quantitative estimate of drug-likeness (QED) is 0.785. The maximum absolute atomic E-state index is 12.8. The van der Waals surface area contributed by atoms with Crippen LogP contribution in [-0.2, 0) is 11.3 Å². The molecule has 0 saturated heterocycles. The number of nitrogens with one attached hydrogen (secondary N) is 1. The van der Waals surface area contributed by atoms with Gasteiger partial charge in [-0.25, -0.2) is 0 Å². The second kappa shape index (κ2) is 8.23. The zero-order chi connectivity index (χ0) is 18.5. The molecule has 2 aromatic rings. The Morgan fingerprint density at radius 3 is 2.42 bits per heavy atom. The molecule has 0 bridgehead atoms. The zero-order valence-electron chi connectivity index (χ0n) is 15.6. The summed E-state index contributed by atoms with van der Waals surface area (Å²) in [6.07, 6.45) is 2.28. The molecule has 2 aromatic carbocycles. The van der Waals surface area contributed by atoms with Crippen molar-refractivity contribution < 1.29 is 14.3 Å². The Kier molecular flexibility index (Phi) is 5.78. The summed E-state index contributed by atoms with van der Waals surface area (Å²) in [7, 11) is 3.27. The minimum absolute atomic E-state index is 0.0186. The van der Waals surface area contributed by atoms with Crippen molar-refractivity contribution in [2.75, 3.05) is 19.5 Å².